The van der Waals surface area contributed by atoms with Crippen molar-refractivity contribution < 1.29 is 4.39 Å². The predicted octanol–water partition coefficient (Wildman–Crippen LogP) is 4.73. The molecule has 2 nitrogen and oxygen atoms in total. The van der Waals surface area contributed by atoms with Gasteiger partial charge in [0.25, 0.3) is 0 Å². The molecule has 0 radical (unpaired) electrons. The van der Waals surface area contributed by atoms with E-state index < -0.39 is 0 Å². The molecular formula is C14H9BrClFN2. The third-order valence-electron chi connectivity index (χ3n) is 2.58. The second-order valence-electron chi connectivity index (χ2n) is 3.90. The quantitative estimate of drug-likeness (QED) is 0.878. The third kappa shape index (κ3) is 3.46. The largest absolute Gasteiger partial charge is 0.381 e. The highest BCUT2D eigenvalue weighted by atomic mass is 79.9. The zero-order valence-corrected chi connectivity index (χ0v) is 12.1. The van der Waals surface area contributed by atoms with E-state index in [1.807, 2.05) is 6.07 Å². The van der Waals surface area contributed by atoms with Crippen LogP contribution in [-0.4, -0.2) is 0 Å². The van der Waals surface area contributed by atoms with Crippen LogP contribution in [0.25, 0.3) is 0 Å². The molecule has 0 heterocycles. The molecule has 2 rings (SSSR count). The van der Waals surface area contributed by atoms with Gasteiger partial charge in [0.15, 0.2) is 0 Å². The van der Waals surface area contributed by atoms with Gasteiger partial charge in [0.2, 0.25) is 0 Å². The topological polar surface area (TPSA) is 35.8 Å². The van der Waals surface area contributed by atoms with E-state index in [2.05, 4.69) is 21.2 Å². The van der Waals surface area contributed by atoms with Gasteiger partial charge in [0, 0.05) is 16.7 Å². The van der Waals surface area contributed by atoms with Gasteiger partial charge in [-0.2, -0.15) is 5.26 Å². The van der Waals surface area contributed by atoms with E-state index >= 15 is 0 Å². The maximum atomic E-state index is 13.1. The van der Waals surface area contributed by atoms with Crippen molar-refractivity contribution in [2.24, 2.45) is 0 Å². The van der Waals surface area contributed by atoms with Crippen molar-refractivity contribution in [3.05, 3.63) is 62.8 Å². The number of nitriles is 1. The number of hydrogen-bond donors (Lipinski definition) is 1. The van der Waals surface area contributed by atoms with E-state index in [4.69, 9.17) is 16.9 Å². The minimum atomic E-state index is -0.280. The summed E-state index contributed by atoms with van der Waals surface area (Å²) in [6, 6.07) is 11.6. The first-order valence-electron chi connectivity index (χ1n) is 5.47. The molecule has 0 aliphatic heterocycles. The molecule has 96 valence electrons. The van der Waals surface area contributed by atoms with E-state index in [0.717, 1.165) is 15.7 Å². The Balaban J connectivity index is 2.13. The summed E-state index contributed by atoms with van der Waals surface area (Å²) >= 11 is 9.30. The standard InChI is InChI=1S/C14H9BrClFN2/c15-13-4-2-11(17)5-10(13)8-19-12-3-1-9(7-18)14(16)6-12/h1-6,19H,8H2. The molecule has 0 fully saturated rings. The van der Waals surface area contributed by atoms with Gasteiger partial charge in [0.1, 0.15) is 11.9 Å². The highest BCUT2D eigenvalue weighted by Crippen LogP contribution is 2.22. The molecule has 0 aliphatic carbocycles. The molecular weight excluding hydrogens is 331 g/mol. The van der Waals surface area contributed by atoms with Crippen LogP contribution < -0.4 is 5.32 Å². The fraction of sp³-hybridized carbons (Fsp3) is 0.0714. The van der Waals surface area contributed by atoms with Gasteiger partial charge in [-0.3, -0.25) is 0 Å². The minimum Gasteiger partial charge on any atom is -0.381 e. The van der Waals surface area contributed by atoms with Crippen molar-refractivity contribution in [2.75, 3.05) is 5.32 Å². The van der Waals surface area contributed by atoms with E-state index in [-0.39, 0.29) is 5.82 Å². The number of nitrogens with one attached hydrogen (secondary N) is 1. The minimum absolute atomic E-state index is 0.280. The van der Waals surface area contributed by atoms with E-state index in [9.17, 15) is 4.39 Å². The molecule has 0 aromatic heterocycles. The van der Waals surface area contributed by atoms with Crippen LogP contribution in [0, 0.1) is 17.1 Å². The monoisotopic (exact) mass is 338 g/mol. The molecule has 0 saturated carbocycles. The van der Waals surface area contributed by atoms with Gasteiger partial charge in [-0.05, 0) is 42.0 Å². The fourth-order valence-corrected chi connectivity index (χ4v) is 2.20. The highest BCUT2D eigenvalue weighted by molar-refractivity contribution is 9.10. The number of rotatable bonds is 3. The summed E-state index contributed by atoms with van der Waals surface area (Å²) in [4.78, 5) is 0. The Hall–Kier alpha value is -1.57. The molecule has 1 N–H and O–H groups in total. The summed E-state index contributed by atoms with van der Waals surface area (Å²) in [6.07, 6.45) is 0. The molecule has 5 heteroatoms. The van der Waals surface area contributed by atoms with Gasteiger partial charge in [-0.25, -0.2) is 4.39 Å². The van der Waals surface area contributed by atoms with Crippen molar-refractivity contribution in [3.63, 3.8) is 0 Å². The zero-order valence-electron chi connectivity index (χ0n) is 9.75. The Bertz CT molecular complexity index is 652. The smallest absolute Gasteiger partial charge is 0.123 e. The third-order valence-corrected chi connectivity index (χ3v) is 3.67. The molecule has 0 aliphatic rings. The number of halogens is 3. The SMILES string of the molecule is N#Cc1ccc(NCc2cc(F)ccc2Br)cc1Cl. The van der Waals surface area contributed by atoms with Crippen LogP contribution >= 0.6 is 27.5 Å². The maximum absolute atomic E-state index is 13.1. The molecule has 19 heavy (non-hydrogen) atoms. The van der Waals surface area contributed by atoms with Gasteiger partial charge < -0.3 is 5.32 Å². The molecule has 0 spiro atoms. The molecule has 0 unspecified atom stereocenters. The van der Waals surface area contributed by atoms with Crippen molar-refractivity contribution in [1.82, 2.24) is 0 Å². The van der Waals surface area contributed by atoms with Crippen molar-refractivity contribution >= 4 is 33.2 Å². The summed E-state index contributed by atoms with van der Waals surface area (Å²) in [7, 11) is 0. The van der Waals surface area contributed by atoms with E-state index in [1.54, 1.807) is 24.3 Å². The van der Waals surface area contributed by atoms with Crippen LogP contribution in [-0.2, 0) is 6.54 Å². The van der Waals surface area contributed by atoms with Crippen molar-refractivity contribution in [1.29, 1.82) is 5.26 Å². The van der Waals surface area contributed by atoms with Crippen molar-refractivity contribution in [2.45, 2.75) is 6.54 Å². The summed E-state index contributed by atoms with van der Waals surface area (Å²) in [5.74, 6) is -0.280. The Morgan fingerprint density at radius 3 is 2.74 bits per heavy atom. The van der Waals surface area contributed by atoms with Gasteiger partial charge in [-0.15, -0.1) is 0 Å². The number of hydrogen-bond acceptors (Lipinski definition) is 2. The predicted molar refractivity (Wildman–Crippen MR) is 77.6 cm³/mol. The first-order chi connectivity index (χ1) is 9.10. The highest BCUT2D eigenvalue weighted by Gasteiger charge is 2.04. The van der Waals surface area contributed by atoms with Gasteiger partial charge >= 0.3 is 0 Å². The average molecular weight is 340 g/mol. The van der Waals surface area contributed by atoms with E-state index in [1.165, 1.54) is 12.1 Å². The van der Waals surface area contributed by atoms with Crippen LogP contribution in [0.3, 0.4) is 0 Å². The number of benzene rings is 2. The summed E-state index contributed by atoms with van der Waals surface area (Å²) in [5, 5.41) is 12.3. The first-order valence-corrected chi connectivity index (χ1v) is 6.64. The molecule has 2 aromatic carbocycles. The Morgan fingerprint density at radius 1 is 1.26 bits per heavy atom. The van der Waals surface area contributed by atoms with Gasteiger partial charge in [0.05, 0.1) is 10.6 Å². The number of nitrogens with zero attached hydrogens (tertiary/aromatic N) is 1. The maximum Gasteiger partial charge on any atom is 0.123 e. The fourth-order valence-electron chi connectivity index (χ4n) is 1.59. The first kappa shape index (κ1) is 13.9. The Kier molecular flexibility index (Phi) is 4.41. The second kappa shape index (κ2) is 6.05. The zero-order chi connectivity index (χ0) is 13.8. The second-order valence-corrected chi connectivity index (χ2v) is 5.16. The molecule has 2 aromatic rings. The summed E-state index contributed by atoms with van der Waals surface area (Å²) in [6.45, 7) is 0.459. The van der Waals surface area contributed by atoms with Crippen molar-refractivity contribution in [3.8, 4) is 6.07 Å². The lowest BCUT2D eigenvalue weighted by Gasteiger charge is -2.09. The Labute approximate surface area is 123 Å². The average Bonchev–Trinajstić information content (AvgIpc) is 2.40. The van der Waals surface area contributed by atoms with Crippen LogP contribution in [0.15, 0.2) is 40.9 Å². The molecule has 0 saturated heterocycles. The summed E-state index contributed by atoms with van der Waals surface area (Å²) < 4.78 is 14.0. The van der Waals surface area contributed by atoms with E-state index in [0.29, 0.717) is 17.1 Å². The lowest BCUT2D eigenvalue weighted by Crippen LogP contribution is -2.01. The number of anilines is 1. The van der Waals surface area contributed by atoms with Gasteiger partial charge in [-0.1, -0.05) is 27.5 Å². The Morgan fingerprint density at radius 2 is 2.05 bits per heavy atom. The summed E-state index contributed by atoms with van der Waals surface area (Å²) in [5.41, 5.74) is 2.01. The molecule has 0 bridgehead atoms. The van der Waals surface area contributed by atoms with Crippen LogP contribution in [0.5, 0.6) is 0 Å². The van der Waals surface area contributed by atoms with Crippen LogP contribution in [0.2, 0.25) is 5.02 Å². The lowest BCUT2D eigenvalue weighted by atomic mass is 10.2. The van der Waals surface area contributed by atoms with Crippen LogP contribution in [0.4, 0.5) is 10.1 Å². The van der Waals surface area contributed by atoms with Crippen LogP contribution in [0.1, 0.15) is 11.1 Å². The molecule has 0 atom stereocenters. The lowest BCUT2D eigenvalue weighted by molar-refractivity contribution is 0.625. The molecule has 0 amide bonds. The normalized spacial score (nSPS) is 10.0.